The smallest absolute Gasteiger partial charge is 0.305 e. The predicted molar refractivity (Wildman–Crippen MR) is 104 cm³/mol. The molecular weight excluding hydrogens is 399 g/mol. The van der Waals surface area contributed by atoms with Gasteiger partial charge in [-0.05, 0) is 49.6 Å². The van der Waals surface area contributed by atoms with Gasteiger partial charge in [0.2, 0.25) is 0 Å². The van der Waals surface area contributed by atoms with Gasteiger partial charge < -0.3 is 14.2 Å². The third-order valence-corrected chi connectivity index (χ3v) is 4.30. The van der Waals surface area contributed by atoms with E-state index in [2.05, 4.69) is 4.74 Å². The Kier molecular flexibility index (Phi) is 8.36. The lowest BCUT2D eigenvalue weighted by Gasteiger charge is -2.14. The molecule has 140 valence electrons. The summed E-state index contributed by atoms with van der Waals surface area (Å²) in [4.78, 5) is 11.1. The summed E-state index contributed by atoms with van der Waals surface area (Å²) in [5, 5.41) is 1.48. The van der Waals surface area contributed by atoms with E-state index in [-0.39, 0.29) is 5.97 Å². The Morgan fingerprint density at radius 2 is 1.58 bits per heavy atom. The maximum Gasteiger partial charge on any atom is 0.305 e. The monoisotopic (exact) mass is 416 g/mol. The van der Waals surface area contributed by atoms with Gasteiger partial charge in [-0.1, -0.05) is 34.8 Å². The molecule has 0 radical (unpaired) electrons. The molecule has 0 fully saturated rings. The number of ether oxygens (including phenoxy) is 3. The SMILES string of the molecule is COC(=O)CCCCCOc1cc(Cl)ccc1Oc1ccc(Cl)cc1Cl. The van der Waals surface area contributed by atoms with Gasteiger partial charge in [0.15, 0.2) is 11.5 Å². The van der Waals surface area contributed by atoms with Gasteiger partial charge in [0, 0.05) is 22.5 Å². The summed E-state index contributed by atoms with van der Waals surface area (Å²) in [6.45, 7) is 0.478. The number of hydrogen-bond donors (Lipinski definition) is 0. The second-order valence-electron chi connectivity index (χ2n) is 5.50. The van der Waals surface area contributed by atoms with Crippen LogP contribution in [0.3, 0.4) is 0 Å². The van der Waals surface area contributed by atoms with E-state index in [0.717, 1.165) is 19.3 Å². The predicted octanol–water partition coefficient (Wildman–Crippen LogP) is 6.55. The van der Waals surface area contributed by atoms with Crippen molar-refractivity contribution in [1.29, 1.82) is 0 Å². The summed E-state index contributed by atoms with van der Waals surface area (Å²) in [6, 6.07) is 10.1. The molecule has 7 heteroatoms. The number of carbonyl (C=O) groups excluding carboxylic acids is 1. The molecule has 0 aliphatic rings. The highest BCUT2D eigenvalue weighted by Gasteiger charge is 2.10. The van der Waals surface area contributed by atoms with Gasteiger partial charge in [0.1, 0.15) is 5.75 Å². The van der Waals surface area contributed by atoms with Crippen LogP contribution >= 0.6 is 34.8 Å². The highest BCUT2D eigenvalue weighted by Crippen LogP contribution is 2.37. The van der Waals surface area contributed by atoms with Crippen molar-refractivity contribution in [3.05, 3.63) is 51.5 Å². The number of esters is 1. The van der Waals surface area contributed by atoms with Gasteiger partial charge >= 0.3 is 5.97 Å². The van der Waals surface area contributed by atoms with Crippen LogP contribution in [0.4, 0.5) is 0 Å². The molecule has 4 nitrogen and oxygen atoms in total. The number of unbranched alkanes of at least 4 members (excludes halogenated alkanes) is 2. The molecule has 0 saturated carbocycles. The number of methoxy groups -OCH3 is 1. The van der Waals surface area contributed by atoms with Crippen molar-refractivity contribution in [1.82, 2.24) is 0 Å². The van der Waals surface area contributed by atoms with Gasteiger partial charge in [-0.2, -0.15) is 0 Å². The zero-order chi connectivity index (χ0) is 18.9. The Morgan fingerprint density at radius 1 is 0.885 bits per heavy atom. The number of rotatable bonds is 9. The molecule has 0 bridgehead atoms. The first kappa shape index (κ1) is 20.7. The summed E-state index contributed by atoms with van der Waals surface area (Å²) in [7, 11) is 1.39. The van der Waals surface area contributed by atoms with Crippen molar-refractivity contribution in [2.45, 2.75) is 25.7 Å². The van der Waals surface area contributed by atoms with Gasteiger partial charge in [-0.25, -0.2) is 0 Å². The molecular formula is C19H19Cl3O4. The highest BCUT2D eigenvalue weighted by molar-refractivity contribution is 6.35. The summed E-state index contributed by atoms with van der Waals surface area (Å²) in [5.41, 5.74) is 0. The average molecular weight is 418 g/mol. The summed E-state index contributed by atoms with van der Waals surface area (Å²) in [6.07, 6.45) is 2.83. The van der Waals surface area contributed by atoms with Crippen LogP contribution in [0.1, 0.15) is 25.7 Å². The molecule has 0 N–H and O–H groups in total. The van der Waals surface area contributed by atoms with Gasteiger partial charge in [-0.3, -0.25) is 4.79 Å². The van der Waals surface area contributed by atoms with Crippen LogP contribution in [0.2, 0.25) is 15.1 Å². The molecule has 0 unspecified atom stereocenters. The molecule has 2 aromatic rings. The number of halogens is 3. The molecule has 0 atom stereocenters. The number of benzene rings is 2. The van der Waals surface area contributed by atoms with E-state index in [0.29, 0.717) is 45.3 Å². The molecule has 26 heavy (non-hydrogen) atoms. The first-order valence-corrected chi connectivity index (χ1v) is 9.25. The summed E-state index contributed by atoms with van der Waals surface area (Å²) in [5.74, 6) is 1.31. The zero-order valence-electron chi connectivity index (χ0n) is 14.3. The Bertz CT molecular complexity index is 750. The van der Waals surface area contributed by atoms with E-state index >= 15 is 0 Å². The van der Waals surface area contributed by atoms with E-state index in [1.54, 1.807) is 36.4 Å². The van der Waals surface area contributed by atoms with Crippen LogP contribution in [0, 0.1) is 0 Å². The summed E-state index contributed by atoms with van der Waals surface area (Å²) < 4.78 is 16.2. The fraction of sp³-hybridized carbons (Fsp3) is 0.316. The van der Waals surface area contributed by atoms with E-state index < -0.39 is 0 Å². The van der Waals surface area contributed by atoms with E-state index in [1.807, 2.05) is 0 Å². The largest absolute Gasteiger partial charge is 0.490 e. The van der Waals surface area contributed by atoms with Crippen molar-refractivity contribution in [2.75, 3.05) is 13.7 Å². The van der Waals surface area contributed by atoms with Crippen LogP contribution < -0.4 is 9.47 Å². The molecule has 2 rings (SSSR count). The van der Waals surface area contributed by atoms with Crippen molar-refractivity contribution >= 4 is 40.8 Å². The van der Waals surface area contributed by atoms with E-state index in [1.165, 1.54) is 7.11 Å². The van der Waals surface area contributed by atoms with Crippen LogP contribution in [0.15, 0.2) is 36.4 Å². The Hall–Kier alpha value is -1.62. The maximum atomic E-state index is 11.1. The van der Waals surface area contributed by atoms with Crippen LogP contribution in [-0.4, -0.2) is 19.7 Å². The van der Waals surface area contributed by atoms with Crippen molar-refractivity contribution in [3.8, 4) is 17.2 Å². The Morgan fingerprint density at radius 3 is 2.27 bits per heavy atom. The molecule has 0 aliphatic heterocycles. The topological polar surface area (TPSA) is 44.8 Å². The fourth-order valence-corrected chi connectivity index (χ4v) is 2.80. The minimum atomic E-state index is -0.198. The minimum Gasteiger partial charge on any atom is -0.490 e. The molecule has 0 heterocycles. The maximum absolute atomic E-state index is 11.1. The Labute approximate surface area is 167 Å². The molecule has 0 aromatic heterocycles. The van der Waals surface area contributed by atoms with Crippen LogP contribution in [0.5, 0.6) is 17.2 Å². The molecule has 0 amide bonds. The second-order valence-corrected chi connectivity index (χ2v) is 6.78. The van der Waals surface area contributed by atoms with E-state index in [4.69, 9.17) is 44.3 Å². The van der Waals surface area contributed by atoms with Gasteiger partial charge in [-0.15, -0.1) is 0 Å². The number of hydrogen-bond acceptors (Lipinski definition) is 4. The zero-order valence-corrected chi connectivity index (χ0v) is 16.5. The Balaban J connectivity index is 1.93. The van der Waals surface area contributed by atoms with Crippen molar-refractivity contribution in [2.24, 2.45) is 0 Å². The standard InChI is InChI=1S/C19H19Cl3O4/c1-24-19(23)5-3-2-4-10-25-18-12-14(21)7-9-17(18)26-16-8-6-13(20)11-15(16)22/h6-9,11-12H,2-5,10H2,1H3. The normalized spacial score (nSPS) is 10.5. The van der Waals surface area contributed by atoms with Crippen LogP contribution in [0.25, 0.3) is 0 Å². The minimum absolute atomic E-state index is 0.198. The lowest BCUT2D eigenvalue weighted by Crippen LogP contribution is -2.02. The first-order valence-electron chi connectivity index (χ1n) is 8.11. The fourth-order valence-electron chi connectivity index (χ4n) is 2.19. The van der Waals surface area contributed by atoms with Gasteiger partial charge in [0.05, 0.1) is 18.7 Å². The lowest BCUT2D eigenvalue weighted by molar-refractivity contribution is -0.140. The van der Waals surface area contributed by atoms with Gasteiger partial charge in [0.25, 0.3) is 0 Å². The first-order chi connectivity index (χ1) is 12.5. The third-order valence-electron chi connectivity index (χ3n) is 3.53. The van der Waals surface area contributed by atoms with Crippen LogP contribution in [-0.2, 0) is 9.53 Å². The molecule has 0 spiro atoms. The second kappa shape index (κ2) is 10.5. The molecule has 0 saturated heterocycles. The number of carbonyl (C=O) groups is 1. The molecule has 2 aromatic carbocycles. The average Bonchev–Trinajstić information content (AvgIpc) is 2.61. The lowest BCUT2D eigenvalue weighted by atomic mass is 10.2. The molecule has 0 aliphatic carbocycles. The summed E-state index contributed by atoms with van der Waals surface area (Å²) >= 11 is 18.1. The van der Waals surface area contributed by atoms with Crippen molar-refractivity contribution in [3.63, 3.8) is 0 Å². The third kappa shape index (κ3) is 6.60. The highest BCUT2D eigenvalue weighted by atomic mass is 35.5. The van der Waals surface area contributed by atoms with Crippen molar-refractivity contribution < 1.29 is 19.0 Å². The van der Waals surface area contributed by atoms with E-state index in [9.17, 15) is 4.79 Å². The quantitative estimate of drug-likeness (QED) is 0.343.